The van der Waals surface area contributed by atoms with Crippen LogP contribution in [0.2, 0.25) is 0 Å². The van der Waals surface area contributed by atoms with Crippen molar-refractivity contribution in [2.75, 3.05) is 24.2 Å². The molecular formula is C19H26N2O2S. The van der Waals surface area contributed by atoms with Gasteiger partial charge in [0.15, 0.2) is 0 Å². The topological polar surface area (TPSA) is 40.6 Å². The van der Waals surface area contributed by atoms with E-state index >= 15 is 0 Å². The van der Waals surface area contributed by atoms with E-state index in [4.69, 9.17) is 0 Å². The van der Waals surface area contributed by atoms with Crippen LogP contribution in [-0.4, -0.2) is 47.4 Å². The van der Waals surface area contributed by atoms with Crippen molar-refractivity contribution in [1.29, 1.82) is 0 Å². The van der Waals surface area contributed by atoms with E-state index in [1.165, 1.54) is 6.42 Å². The second-order valence-corrected chi connectivity index (χ2v) is 8.23. The first-order valence-electron chi connectivity index (χ1n) is 8.89. The van der Waals surface area contributed by atoms with Gasteiger partial charge in [-0.3, -0.25) is 9.59 Å². The molecule has 0 spiro atoms. The summed E-state index contributed by atoms with van der Waals surface area (Å²) >= 11 is 2.01. The lowest BCUT2D eigenvalue weighted by atomic mass is 10.1. The number of thioether (sulfide) groups is 1. The van der Waals surface area contributed by atoms with Crippen molar-refractivity contribution >= 4 is 29.3 Å². The van der Waals surface area contributed by atoms with E-state index < -0.39 is 0 Å². The molecule has 1 aromatic carbocycles. The standard InChI is InChI=1S/C19H26N2O2S/c1-3-24-17-11-10-16(13-17)20(2)19(23)14-6-8-15(9-7-14)21-12-4-5-18(21)22/h6-9,16-17H,3-5,10-13H2,1-2H3. The van der Waals surface area contributed by atoms with Gasteiger partial charge in [0.25, 0.3) is 5.91 Å². The molecule has 24 heavy (non-hydrogen) atoms. The number of nitrogens with zero attached hydrogens (tertiary/aromatic N) is 2. The Morgan fingerprint density at radius 1 is 1.29 bits per heavy atom. The zero-order valence-corrected chi connectivity index (χ0v) is 15.3. The summed E-state index contributed by atoms with van der Waals surface area (Å²) in [6.45, 7) is 2.98. The van der Waals surface area contributed by atoms with Crippen LogP contribution in [0.1, 0.15) is 49.4 Å². The number of hydrogen-bond acceptors (Lipinski definition) is 3. The number of carbonyl (C=O) groups is 2. The monoisotopic (exact) mass is 346 g/mol. The lowest BCUT2D eigenvalue weighted by Crippen LogP contribution is -2.35. The molecular weight excluding hydrogens is 320 g/mol. The van der Waals surface area contributed by atoms with Gasteiger partial charge in [-0.1, -0.05) is 6.92 Å². The summed E-state index contributed by atoms with van der Waals surface area (Å²) in [4.78, 5) is 28.3. The van der Waals surface area contributed by atoms with Gasteiger partial charge in [-0.15, -0.1) is 0 Å². The third kappa shape index (κ3) is 3.61. The van der Waals surface area contributed by atoms with Gasteiger partial charge in [0.2, 0.25) is 5.91 Å². The van der Waals surface area contributed by atoms with Crippen LogP contribution in [0.25, 0.3) is 0 Å². The molecule has 0 radical (unpaired) electrons. The maximum Gasteiger partial charge on any atom is 0.253 e. The van der Waals surface area contributed by atoms with Gasteiger partial charge < -0.3 is 9.80 Å². The Balaban J connectivity index is 1.63. The minimum absolute atomic E-state index is 0.0847. The number of rotatable bonds is 5. The first kappa shape index (κ1) is 17.3. The van der Waals surface area contributed by atoms with Crippen LogP contribution < -0.4 is 4.90 Å². The van der Waals surface area contributed by atoms with Crippen molar-refractivity contribution < 1.29 is 9.59 Å². The Hall–Kier alpha value is -1.49. The average molecular weight is 346 g/mol. The number of carbonyl (C=O) groups excluding carboxylic acids is 2. The fourth-order valence-electron chi connectivity index (χ4n) is 3.73. The van der Waals surface area contributed by atoms with Crippen molar-refractivity contribution in [2.24, 2.45) is 0 Å². The Kier molecular flexibility index (Phi) is 5.49. The first-order chi connectivity index (χ1) is 11.6. The normalized spacial score (nSPS) is 23.8. The summed E-state index contributed by atoms with van der Waals surface area (Å²) in [5, 5.41) is 0.693. The van der Waals surface area contributed by atoms with Gasteiger partial charge in [-0.25, -0.2) is 0 Å². The summed E-state index contributed by atoms with van der Waals surface area (Å²) in [7, 11) is 1.92. The minimum Gasteiger partial charge on any atom is -0.339 e. The fraction of sp³-hybridized carbons (Fsp3) is 0.579. The summed E-state index contributed by atoms with van der Waals surface area (Å²) in [5.74, 6) is 1.41. The van der Waals surface area contributed by atoms with Gasteiger partial charge in [0.1, 0.15) is 0 Å². The van der Waals surface area contributed by atoms with Crippen LogP contribution in [-0.2, 0) is 4.79 Å². The van der Waals surface area contributed by atoms with E-state index in [9.17, 15) is 9.59 Å². The molecule has 1 saturated heterocycles. The molecule has 2 aliphatic rings. The highest BCUT2D eigenvalue weighted by molar-refractivity contribution is 7.99. The molecule has 2 amide bonds. The van der Waals surface area contributed by atoms with Crippen LogP contribution in [0.15, 0.2) is 24.3 Å². The number of anilines is 1. The van der Waals surface area contributed by atoms with Gasteiger partial charge in [-0.05, 0) is 55.7 Å². The molecule has 2 unspecified atom stereocenters. The second kappa shape index (κ2) is 7.60. The zero-order chi connectivity index (χ0) is 17.1. The Morgan fingerprint density at radius 2 is 2.04 bits per heavy atom. The third-order valence-corrected chi connectivity index (χ3v) is 6.36. The molecule has 3 rings (SSSR count). The maximum atomic E-state index is 12.7. The second-order valence-electron chi connectivity index (χ2n) is 6.66. The lowest BCUT2D eigenvalue weighted by molar-refractivity contribution is -0.117. The van der Waals surface area contributed by atoms with Crippen molar-refractivity contribution in [3.63, 3.8) is 0 Å². The Morgan fingerprint density at radius 3 is 2.67 bits per heavy atom. The molecule has 1 saturated carbocycles. The van der Waals surface area contributed by atoms with Gasteiger partial charge in [-0.2, -0.15) is 11.8 Å². The van der Waals surface area contributed by atoms with E-state index in [0.29, 0.717) is 23.3 Å². The average Bonchev–Trinajstić information content (AvgIpc) is 3.23. The molecule has 5 heteroatoms. The Bertz CT molecular complexity index is 602. The highest BCUT2D eigenvalue weighted by atomic mass is 32.2. The van der Waals surface area contributed by atoms with Crippen LogP contribution in [0.3, 0.4) is 0 Å². The van der Waals surface area contributed by atoms with E-state index in [0.717, 1.165) is 37.2 Å². The summed E-state index contributed by atoms with van der Waals surface area (Å²) in [6.07, 6.45) is 4.95. The minimum atomic E-state index is 0.0847. The van der Waals surface area contributed by atoms with Crippen molar-refractivity contribution in [2.45, 2.75) is 50.3 Å². The molecule has 130 valence electrons. The van der Waals surface area contributed by atoms with Gasteiger partial charge in [0.05, 0.1) is 0 Å². The molecule has 2 fully saturated rings. The van der Waals surface area contributed by atoms with E-state index in [-0.39, 0.29) is 11.8 Å². The largest absolute Gasteiger partial charge is 0.339 e. The summed E-state index contributed by atoms with van der Waals surface area (Å²) in [6, 6.07) is 7.85. The van der Waals surface area contributed by atoms with Gasteiger partial charge in [0, 0.05) is 42.6 Å². The number of amides is 2. The molecule has 1 aliphatic heterocycles. The molecule has 1 aliphatic carbocycles. The molecule has 0 N–H and O–H groups in total. The molecule has 0 aromatic heterocycles. The highest BCUT2D eigenvalue weighted by Crippen LogP contribution is 2.32. The molecule has 4 nitrogen and oxygen atoms in total. The third-order valence-electron chi connectivity index (χ3n) is 5.13. The maximum absolute atomic E-state index is 12.7. The van der Waals surface area contributed by atoms with Crippen molar-refractivity contribution in [1.82, 2.24) is 4.90 Å². The zero-order valence-electron chi connectivity index (χ0n) is 14.5. The molecule has 1 heterocycles. The quantitative estimate of drug-likeness (QED) is 0.818. The number of benzene rings is 1. The first-order valence-corrected chi connectivity index (χ1v) is 9.94. The fourth-order valence-corrected chi connectivity index (χ4v) is 4.86. The smallest absolute Gasteiger partial charge is 0.253 e. The van der Waals surface area contributed by atoms with E-state index in [1.54, 1.807) is 0 Å². The van der Waals surface area contributed by atoms with Crippen LogP contribution in [0, 0.1) is 0 Å². The van der Waals surface area contributed by atoms with E-state index in [1.807, 2.05) is 52.9 Å². The SMILES string of the molecule is CCSC1CCC(N(C)C(=O)c2ccc(N3CCCC3=O)cc2)C1. The molecule has 0 bridgehead atoms. The Labute approximate surface area is 148 Å². The molecule has 2 atom stereocenters. The summed E-state index contributed by atoms with van der Waals surface area (Å²) in [5.41, 5.74) is 1.61. The van der Waals surface area contributed by atoms with Crippen LogP contribution >= 0.6 is 11.8 Å². The predicted molar refractivity (Wildman–Crippen MR) is 99.7 cm³/mol. The van der Waals surface area contributed by atoms with Crippen molar-refractivity contribution in [3.8, 4) is 0 Å². The predicted octanol–water partition coefficient (Wildman–Crippen LogP) is 3.56. The van der Waals surface area contributed by atoms with Gasteiger partial charge >= 0.3 is 0 Å². The molecule has 1 aromatic rings. The van der Waals surface area contributed by atoms with Crippen LogP contribution in [0.4, 0.5) is 5.69 Å². The van der Waals surface area contributed by atoms with Crippen molar-refractivity contribution in [3.05, 3.63) is 29.8 Å². The lowest BCUT2D eigenvalue weighted by Gasteiger charge is -2.25. The number of hydrogen-bond donors (Lipinski definition) is 0. The highest BCUT2D eigenvalue weighted by Gasteiger charge is 2.30. The van der Waals surface area contributed by atoms with Crippen LogP contribution in [0.5, 0.6) is 0 Å². The van der Waals surface area contributed by atoms with E-state index in [2.05, 4.69) is 6.92 Å². The summed E-state index contributed by atoms with van der Waals surface area (Å²) < 4.78 is 0.